The van der Waals surface area contributed by atoms with E-state index in [-0.39, 0.29) is 18.3 Å². The molecule has 19 heavy (non-hydrogen) atoms. The molecule has 1 amide bonds. The Hall–Kier alpha value is -2.30. The fourth-order valence-electron chi connectivity index (χ4n) is 2.03. The minimum Gasteiger partial charge on any atom is -0.466 e. The highest BCUT2D eigenvalue weighted by molar-refractivity contribution is 5.95. The summed E-state index contributed by atoms with van der Waals surface area (Å²) in [5.41, 5.74) is 2.38. The third-order valence-corrected chi connectivity index (χ3v) is 2.72. The second-order valence-electron chi connectivity index (χ2n) is 4.24. The summed E-state index contributed by atoms with van der Waals surface area (Å²) < 4.78 is 4.96. The van der Waals surface area contributed by atoms with Crippen LogP contribution < -0.4 is 5.32 Å². The molecular weight excluding hydrogens is 244 g/mol. The molecule has 5 nitrogen and oxygen atoms in total. The van der Waals surface area contributed by atoms with Crippen LogP contribution in [-0.4, -0.2) is 23.5 Å². The third-order valence-electron chi connectivity index (χ3n) is 2.72. The van der Waals surface area contributed by atoms with Gasteiger partial charge in [0.2, 0.25) is 5.91 Å². The molecule has 1 heterocycles. The van der Waals surface area contributed by atoms with E-state index in [9.17, 15) is 9.59 Å². The van der Waals surface area contributed by atoms with Gasteiger partial charge >= 0.3 is 5.97 Å². The molecule has 0 saturated heterocycles. The summed E-state index contributed by atoms with van der Waals surface area (Å²) in [6, 6.07) is 5.54. The number of hydrogen-bond donors (Lipinski definition) is 2. The van der Waals surface area contributed by atoms with E-state index in [1.807, 2.05) is 12.1 Å². The zero-order valence-electron chi connectivity index (χ0n) is 10.9. The first-order chi connectivity index (χ1) is 9.10. The summed E-state index contributed by atoms with van der Waals surface area (Å²) in [6.07, 6.45) is 1.99. The van der Waals surface area contributed by atoms with Crippen molar-refractivity contribution in [3.05, 3.63) is 30.0 Å². The van der Waals surface area contributed by atoms with E-state index in [1.165, 1.54) is 6.92 Å². The highest BCUT2D eigenvalue weighted by Crippen LogP contribution is 2.24. The number of H-pyrrole nitrogens is 1. The number of benzene rings is 1. The molecule has 5 heteroatoms. The molecule has 1 aromatic carbocycles. The maximum Gasteiger partial charge on any atom is 0.310 e. The van der Waals surface area contributed by atoms with Gasteiger partial charge in [0.15, 0.2) is 0 Å². The van der Waals surface area contributed by atoms with Crippen molar-refractivity contribution in [2.75, 3.05) is 11.9 Å². The van der Waals surface area contributed by atoms with Crippen molar-refractivity contribution in [1.82, 2.24) is 4.98 Å². The van der Waals surface area contributed by atoms with Crippen molar-refractivity contribution in [3.8, 4) is 0 Å². The molecule has 1 aromatic heterocycles. The highest BCUT2D eigenvalue weighted by Gasteiger charge is 2.10. The lowest BCUT2D eigenvalue weighted by Crippen LogP contribution is -2.09. The Labute approximate surface area is 110 Å². The first-order valence-corrected chi connectivity index (χ1v) is 6.13. The molecule has 2 aromatic rings. The van der Waals surface area contributed by atoms with E-state index in [0.29, 0.717) is 12.3 Å². The number of ether oxygens (including phenoxy) is 1. The van der Waals surface area contributed by atoms with Crippen LogP contribution in [0.3, 0.4) is 0 Å². The van der Waals surface area contributed by atoms with Crippen molar-refractivity contribution >= 4 is 28.5 Å². The molecular formula is C14H16N2O3. The van der Waals surface area contributed by atoms with Gasteiger partial charge in [0, 0.05) is 29.7 Å². The Morgan fingerprint density at radius 3 is 2.84 bits per heavy atom. The van der Waals surface area contributed by atoms with Gasteiger partial charge in [-0.3, -0.25) is 9.59 Å². The van der Waals surface area contributed by atoms with E-state index < -0.39 is 0 Å². The van der Waals surface area contributed by atoms with Gasteiger partial charge in [-0.05, 0) is 30.7 Å². The summed E-state index contributed by atoms with van der Waals surface area (Å²) in [6.45, 7) is 3.59. The Balaban J connectivity index is 2.36. The van der Waals surface area contributed by atoms with Crippen LogP contribution >= 0.6 is 0 Å². The van der Waals surface area contributed by atoms with Gasteiger partial charge in [0.1, 0.15) is 0 Å². The van der Waals surface area contributed by atoms with Crippen LogP contribution in [0.4, 0.5) is 5.69 Å². The standard InChI is InChI=1S/C14H16N2O3/c1-3-19-14(18)7-10-6-11(16-9(2)17)8-13-12(10)4-5-15-13/h4-6,8,15H,3,7H2,1-2H3,(H,16,17). The summed E-state index contributed by atoms with van der Waals surface area (Å²) in [5.74, 6) is -0.419. The molecule has 0 fully saturated rings. The van der Waals surface area contributed by atoms with E-state index in [0.717, 1.165) is 16.5 Å². The predicted octanol–water partition coefficient (Wildman–Crippen LogP) is 2.23. The number of aromatic nitrogens is 1. The van der Waals surface area contributed by atoms with Gasteiger partial charge in [0.05, 0.1) is 13.0 Å². The minimum atomic E-state index is -0.273. The SMILES string of the molecule is CCOC(=O)Cc1cc(NC(C)=O)cc2[nH]ccc12. The molecule has 2 rings (SSSR count). The van der Waals surface area contributed by atoms with Crippen molar-refractivity contribution in [1.29, 1.82) is 0 Å². The molecule has 0 spiro atoms. The number of carbonyl (C=O) groups excluding carboxylic acids is 2. The monoisotopic (exact) mass is 260 g/mol. The van der Waals surface area contributed by atoms with Gasteiger partial charge in [-0.15, -0.1) is 0 Å². The first kappa shape index (κ1) is 13.1. The van der Waals surface area contributed by atoms with Crippen molar-refractivity contribution < 1.29 is 14.3 Å². The van der Waals surface area contributed by atoms with E-state index in [4.69, 9.17) is 4.74 Å². The second kappa shape index (κ2) is 5.56. The van der Waals surface area contributed by atoms with Gasteiger partial charge in [-0.2, -0.15) is 0 Å². The summed E-state index contributed by atoms with van der Waals surface area (Å²) in [4.78, 5) is 25.8. The van der Waals surface area contributed by atoms with Gasteiger partial charge in [-0.1, -0.05) is 0 Å². The van der Waals surface area contributed by atoms with E-state index in [1.54, 1.807) is 19.2 Å². The molecule has 0 radical (unpaired) electrons. The quantitative estimate of drug-likeness (QED) is 0.828. The Morgan fingerprint density at radius 1 is 1.37 bits per heavy atom. The number of fused-ring (bicyclic) bond motifs is 1. The van der Waals surface area contributed by atoms with Crippen molar-refractivity contribution in [2.45, 2.75) is 20.3 Å². The Bertz CT molecular complexity index is 616. The van der Waals surface area contributed by atoms with Crippen molar-refractivity contribution in [3.63, 3.8) is 0 Å². The van der Waals surface area contributed by atoms with Gasteiger partial charge in [-0.25, -0.2) is 0 Å². The lowest BCUT2D eigenvalue weighted by molar-refractivity contribution is -0.142. The van der Waals surface area contributed by atoms with E-state index >= 15 is 0 Å². The van der Waals surface area contributed by atoms with Crippen LogP contribution in [0.1, 0.15) is 19.4 Å². The number of amides is 1. The molecule has 0 bridgehead atoms. The summed E-state index contributed by atoms with van der Waals surface area (Å²) in [7, 11) is 0. The lowest BCUT2D eigenvalue weighted by atomic mass is 10.1. The van der Waals surface area contributed by atoms with Crippen LogP contribution in [0, 0.1) is 0 Å². The molecule has 0 aliphatic heterocycles. The van der Waals surface area contributed by atoms with Crippen molar-refractivity contribution in [2.24, 2.45) is 0 Å². The maximum atomic E-state index is 11.6. The Morgan fingerprint density at radius 2 is 2.16 bits per heavy atom. The van der Waals surface area contributed by atoms with E-state index in [2.05, 4.69) is 10.3 Å². The van der Waals surface area contributed by atoms with Crippen LogP contribution in [0.5, 0.6) is 0 Å². The number of hydrogen-bond acceptors (Lipinski definition) is 3. The van der Waals surface area contributed by atoms with Gasteiger partial charge in [0.25, 0.3) is 0 Å². The molecule has 100 valence electrons. The van der Waals surface area contributed by atoms with Gasteiger partial charge < -0.3 is 15.0 Å². The molecule has 2 N–H and O–H groups in total. The van der Waals surface area contributed by atoms with Crippen LogP contribution in [0.2, 0.25) is 0 Å². The molecule has 0 atom stereocenters. The second-order valence-corrected chi connectivity index (χ2v) is 4.24. The fraction of sp³-hybridized carbons (Fsp3) is 0.286. The molecule has 0 unspecified atom stereocenters. The Kier molecular flexibility index (Phi) is 3.85. The lowest BCUT2D eigenvalue weighted by Gasteiger charge is -2.08. The number of rotatable bonds is 4. The smallest absolute Gasteiger partial charge is 0.310 e. The zero-order chi connectivity index (χ0) is 13.8. The number of esters is 1. The average Bonchev–Trinajstić information content (AvgIpc) is 2.76. The fourth-order valence-corrected chi connectivity index (χ4v) is 2.03. The minimum absolute atomic E-state index is 0.145. The zero-order valence-corrected chi connectivity index (χ0v) is 10.9. The predicted molar refractivity (Wildman–Crippen MR) is 72.9 cm³/mol. The largest absolute Gasteiger partial charge is 0.466 e. The normalized spacial score (nSPS) is 10.4. The summed E-state index contributed by atoms with van der Waals surface area (Å²) in [5, 5.41) is 3.68. The molecule has 0 aliphatic rings. The molecule has 0 saturated carbocycles. The van der Waals surface area contributed by atoms with Crippen LogP contribution in [0.25, 0.3) is 10.9 Å². The topological polar surface area (TPSA) is 71.2 Å². The number of carbonyl (C=O) groups is 2. The average molecular weight is 260 g/mol. The molecule has 0 aliphatic carbocycles. The summed E-state index contributed by atoms with van der Waals surface area (Å²) >= 11 is 0. The maximum absolute atomic E-state index is 11.6. The highest BCUT2D eigenvalue weighted by atomic mass is 16.5. The van der Waals surface area contributed by atoms with Crippen LogP contribution in [0.15, 0.2) is 24.4 Å². The first-order valence-electron chi connectivity index (χ1n) is 6.13. The van der Waals surface area contributed by atoms with Crippen LogP contribution in [-0.2, 0) is 20.7 Å². The number of aromatic amines is 1. The number of anilines is 1. The third kappa shape index (κ3) is 3.13. The number of nitrogens with one attached hydrogen (secondary N) is 2.